The third kappa shape index (κ3) is 2.98. The van der Waals surface area contributed by atoms with Crippen LogP contribution in [0.2, 0.25) is 0 Å². The van der Waals surface area contributed by atoms with Crippen LogP contribution in [0.5, 0.6) is 0 Å². The highest BCUT2D eigenvalue weighted by atomic mass is 16.5. The van der Waals surface area contributed by atoms with Crippen LogP contribution in [0.1, 0.15) is 40.2 Å². The van der Waals surface area contributed by atoms with E-state index in [4.69, 9.17) is 5.11 Å². The molecule has 126 valence electrons. The molecule has 3 heteroatoms. The minimum absolute atomic E-state index is 0.0645. The highest BCUT2D eigenvalue weighted by Crippen LogP contribution is 2.37. The van der Waals surface area contributed by atoms with Gasteiger partial charge in [-0.25, -0.2) is 0 Å². The summed E-state index contributed by atoms with van der Waals surface area (Å²) in [6.45, 7) is 0.0645. The lowest BCUT2D eigenvalue weighted by atomic mass is 9.96. The quantitative estimate of drug-likeness (QED) is 0.751. The lowest BCUT2D eigenvalue weighted by molar-refractivity contribution is -0.0490. The minimum atomic E-state index is -1.36. The van der Waals surface area contributed by atoms with Gasteiger partial charge in [0.2, 0.25) is 0 Å². The van der Waals surface area contributed by atoms with Crippen LogP contribution in [0.25, 0.3) is 17.2 Å². The summed E-state index contributed by atoms with van der Waals surface area (Å²) in [5.41, 5.74) is 7.68. The number of fused-ring (bicyclic) bond motifs is 1. The van der Waals surface area contributed by atoms with Crippen LogP contribution >= 0.6 is 0 Å². The van der Waals surface area contributed by atoms with Crippen molar-refractivity contribution in [2.45, 2.75) is 25.2 Å². The van der Waals surface area contributed by atoms with Gasteiger partial charge < -0.3 is 15.3 Å². The van der Waals surface area contributed by atoms with Gasteiger partial charge in [0.15, 0.2) is 6.29 Å². The SMILES string of the molecule is OCc1ccc(C2=CC(c3ccc4c(c3)C=CC4C(O)O)=CC2)cc1. The Kier molecular flexibility index (Phi) is 4.14. The molecule has 0 saturated carbocycles. The average Bonchev–Trinajstić information content (AvgIpc) is 3.28. The molecule has 2 aromatic rings. The smallest absolute Gasteiger partial charge is 0.161 e. The largest absolute Gasteiger partial charge is 0.392 e. The molecule has 3 N–H and O–H groups in total. The average molecular weight is 332 g/mol. The normalized spacial score (nSPS) is 18.5. The predicted molar refractivity (Wildman–Crippen MR) is 99.4 cm³/mol. The van der Waals surface area contributed by atoms with Crippen molar-refractivity contribution in [3.8, 4) is 0 Å². The van der Waals surface area contributed by atoms with Gasteiger partial charge >= 0.3 is 0 Å². The lowest BCUT2D eigenvalue weighted by Crippen LogP contribution is -2.14. The van der Waals surface area contributed by atoms with Gasteiger partial charge in [0.25, 0.3) is 0 Å². The molecule has 3 nitrogen and oxygen atoms in total. The second kappa shape index (κ2) is 6.45. The van der Waals surface area contributed by atoms with Gasteiger partial charge in [0.1, 0.15) is 0 Å². The van der Waals surface area contributed by atoms with Gasteiger partial charge in [-0.2, -0.15) is 0 Å². The van der Waals surface area contributed by atoms with E-state index in [1.54, 1.807) is 0 Å². The van der Waals surface area contributed by atoms with E-state index >= 15 is 0 Å². The Morgan fingerprint density at radius 1 is 1.00 bits per heavy atom. The molecule has 25 heavy (non-hydrogen) atoms. The molecule has 0 heterocycles. The van der Waals surface area contributed by atoms with Gasteiger partial charge in [-0.05, 0) is 51.5 Å². The zero-order valence-corrected chi connectivity index (χ0v) is 13.8. The molecule has 0 aliphatic heterocycles. The van der Waals surface area contributed by atoms with Crippen molar-refractivity contribution in [1.29, 1.82) is 0 Å². The zero-order valence-electron chi connectivity index (χ0n) is 13.8. The molecule has 2 aliphatic carbocycles. The van der Waals surface area contributed by atoms with E-state index in [9.17, 15) is 10.2 Å². The third-order valence-electron chi connectivity index (χ3n) is 4.96. The van der Waals surface area contributed by atoms with Crippen LogP contribution in [0.15, 0.2) is 60.7 Å². The molecular weight excluding hydrogens is 312 g/mol. The maximum absolute atomic E-state index is 9.45. The van der Waals surface area contributed by atoms with Gasteiger partial charge in [0, 0.05) is 0 Å². The first kappa shape index (κ1) is 16.0. The van der Waals surface area contributed by atoms with Gasteiger partial charge in [-0.1, -0.05) is 60.7 Å². The number of allylic oxidation sites excluding steroid dienone is 4. The Morgan fingerprint density at radius 2 is 1.76 bits per heavy atom. The Morgan fingerprint density at radius 3 is 2.48 bits per heavy atom. The van der Waals surface area contributed by atoms with E-state index in [1.165, 1.54) is 16.7 Å². The first-order valence-corrected chi connectivity index (χ1v) is 8.45. The summed E-state index contributed by atoms with van der Waals surface area (Å²) in [6, 6.07) is 14.1. The molecule has 1 unspecified atom stereocenters. The van der Waals surface area contributed by atoms with Gasteiger partial charge in [0.05, 0.1) is 12.5 Å². The van der Waals surface area contributed by atoms with Crippen LogP contribution in [0, 0.1) is 0 Å². The maximum Gasteiger partial charge on any atom is 0.161 e. The number of benzene rings is 2. The molecule has 0 fully saturated rings. The highest BCUT2D eigenvalue weighted by molar-refractivity contribution is 5.90. The molecule has 0 spiro atoms. The van der Waals surface area contributed by atoms with Crippen molar-refractivity contribution in [2.24, 2.45) is 0 Å². The van der Waals surface area contributed by atoms with Crippen molar-refractivity contribution >= 4 is 17.2 Å². The number of hydrogen-bond donors (Lipinski definition) is 3. The Labute approximate surface area is 146 Å². The first-order valence-electron chi connectivity index (χ1n) is 8.45. The summed E-state index contributed by atoms with van der Waals surface area (Å²) in [7, 11) is 0. The van der Waals surface area contributed by atoms with E-state index in [0.29, 0.717) is 0 Å². The fraction of sp³-hybridized carbons (Fsp3) is 0.182. The summed E-state index contributed by atoms with van der Waals surface area (Å²) in [4.78, 5) is 0. The van der Waals surface area contributed by atoms with Crippen LogP contribution in [0.3, 0.4) is 0 Å². The van der Waals surface area contributed by atoms with Crippen LogP contribution in [-0.4, -0.2) is 21.6 Å². The van der Waals surface area contributed by atoms with Crippen molar-refractivity contribution in [1.82, 2.24) is 0 Å². The molecule has 2 aliphatic rings. The van der Waals surface area contributed by atoms with Crippen molar-refractivity contribution in [2.75, 3.05) is 0 Å². The third-order valence-corrected chi connectivity index (χ3v) is 4.96. The molecule has 0 amide bonds. The fourth-order valence-corrected chi connectivity index (χ4v) is 3.53. The lowest BCUT2D eigenvalue weighted by Gasteiger charge is -2.13. The number of aliphatic hydroxyl groups is 3. The van der Waals surface area contributed by atoms with Crippen LogP contribution < -0.4 is 0 Å². The summed E-state index contributed by atoms with van der Waals surface area (Å²) in [5, 5.41) is 28.0. The number of rotatable bonds is 4. The predicted octanol–water partition coefficient (Wildman–Crippen LogP) is 3.47. The molecule has 0 bridgehead atoms. The van der Waals surface area contributed by atoms with Crippen molar-refractivity contribution in [3.05, 3.63) is 88.5 Å². The zero-order chi connectivity index (χ0) is 17.4. The van der Waals surface area contributed by atoms with E-state index < -0.39 is 6.29 Å². The standard InChI is InChI=1S/C22H20O3/c23-13-14-1-3-15(4-2-14)16-5-6-17(11-16)18-7-9-20-19(12-18)8-10-21(20)22(24)25/h1-4,6-12,21-25H,5,13H2. The van der Waals surface area contributed by atoms with E-state index in [0.717, 1.165) is 28.7 Å². The monoisotopic (exact) mass is 332 g/mol. The fourth-order valence-electron chi connectivity index (χ4n) is 3.53. The molecule has 4 rings (SSSR count). The Bertz CT molecular complexity index is 886. The summed E-state index contributed by atoms with van der Waals surface area (Å²) in [6.07, 6.45) is 7.74. The first-order chi connectivity index (χ1) is 12.2. The van der Waals surface area contributed by atoms with Gasteiger partial charge in [-0.3, -0.25) is 0 Å². The van der Waals surface area contributed by atoms with Crippen LogP contribution in [0.4, 0.5) is 0 Å². The van der Waals surface area contributed by atoms with Crippen molar-refractivity contribution in [3.63, 3.8) is 0 Å². The molecular formula is C22H20O3. The summed E-state index contributed by atoms with van der Waals surface area (Å²) >= 11 is 0. The molecule has 0 aromatic heterocycles. The molecule has 0 radical (unpaired) electrons. The number of hydrogen-bond acceptors (Lipinski definition) is 3. The Balaban J connectivity index is 1.59. The summed E-state index contributed by atoms with van der Waals surface area (Å²) < 4.78 is 0. The Hall–Kier alpha value is -2.46. The molecule has 2 aromatic carbocycles. The maximum atomic E-state index is 9.45. The van der Waals surface area contributed by atoms with Crippen molar-refractivity contribution < 1.29 is 15.3 Å². The van der Waals surface area contributed by atoms with E-state index in [-0.39, 0.29) is 12.5 Å². The number of aliphatic hydroxyl groups excluding tert-OH is 2. The topological polar surface area (TPSA) is 60.7 Å². The summed E-state index contributed by atoms with van der Waals surface area (Å²) in [5.74, 6) is -0.335. The second-order valence-corrected chi connectivity index (χ2v) is 6.53. The molecule has 1 atom stereocenters. The van der Waals surface area contributed by atoms with E-state index in [2.05, 4.69) is 18.2 Å². The highest BCUT2D eigenvalue weighted by Gasteiger charge is 2.23. The van der Waals surface area contributed by atoms with Gasteiger partial charge in [-0.15, -0.1) is 0 Å². The minimum Gasteiger partial charge on any atom is -0.392 e. The second-order valence-electron chi connectivity index (χ2n) is 6.53. The molecule has 0 saturated heterocycles. The van der Waals surface area contributed by atoms with Crippen LogP contribution in [-0.2, 0) is 6.61 Å². The van der Waals surface area contributed by atoms with E-state index in [1.807, 2.05) is 48.6 Å².